The number of benzene rings is 1. The van der Waals surface area contributed by atoms with Crippen molar-refractivity contribution in [1.29, 1.82) is 0 Å². The van der Waals surface area contributed by atoms with Crippen LogP contribution >= 0.6 is 0 Å². The Balaban J connectivity index is 1.79. The molecule has 0 saturated carbocycles. The molecule has 1 aromatic carbocycles. The maximum Gasteiger partial charge on any atom is 0.273 e. The molecule has 7 nitrogen and oxygen atoms in total. The summed E-state index contributed by atoms with van der Waals surface area (Å²) >= 11 is 0. The Hall–Kier alpha value is -2.81. The predicted molar refractivity (Wildman–Crippen MR) is 97.4 cm³/mol. The van der Waals surface area contributed by atoms with Crippen LogP contribution < -0.4 is 10.6 Å². The summed E-state index contributed by atoms with van der Waals surface area (Å²) in [6, 6.07) is 3.92. The summed E-state index contributed by atoms with van der Waals surface area (Å²) in [5.41, 5.74) is -0.855. The van der Waals surface area contributed by atoms with E-state index < -0.39 is 29.0 Å². The van der Waals surface area contributed by atoms with E-state index >= 15 is 0 Å². The number of rotatable bonds is 4. The van der Waals surface area contributed by atoms with Gasteiger partial charge in [-0.1, -0.05) is 5.16 Å². The number of halogens is 2. The molecule has 0 spiro atoms. The SMILES string of the molecule is CN(C)C(=O)[C@]1(C)CNCC[C@H]1NC(=O)c1cc(-c2ccc(F)cc2F)on1. The smallest absolute Gasteiger partial charge is 0.273 e. The van der Waals surface area contributed by atoms with E-state index in [4.69, 9.17) is 4.52 Å². The van der Waals surface area contributed by atoms with Gasteiger partial charge in [0, 0.05) is 38.8 Å². The number of carbonyl (C=O) groups excluding carboxylic acids is 2. The van der Waals surface area contributed by atoms with E-state index in [0.29, 0.717) is 19.5 Å². The topological polar surface area (TPSA) is 87.5 Å². The van der Waals surface area contributed by atoms with Gasteiger partial charge in [0.25, 0.3) is 5.91 Å². The van der Waals surface area contributed by atoms with Gasteiger partial charge in [0.15, 0.2) is 11.5 Å². The van der Waals surface area contributed by atoms with Crippen molar-refractivity contribution in [2.45, 2.75) is 19.4 Å². The van der Waals surface area contributed by atoms with Crippen LogP contribution in [0.1, 0.15) is 23.8 Å². The first-order chi connectivity index (χ1) is 13.2. The minimum absolute atomic E-state index is 0.00226. The van der Waals surface area contributed by atoms with Gasteiger partial charge in [0.2, 0.25) is 5.91 Å². The van der Waals surface area contributed by atoms with E-state index in [1.807, 2.05) is 0 Å². The van der Waals surface area contributed by atoms with Crippen LogP contribution in [-0.4, -0.2) is 55.1 Å². The van der Waals surface area contributed by atoms with Gasteiger partial charge in [0.05, 0.1) is 11.0 Å². The number of hydrogen-bond acceptors (Lipinski definition) is 5. The van der Waals surface area contributed by atoms with Crippen molar-refractivity contribution in [3.8, 4) is 11.3 Å². The second kappa shape index (κ2) is 7.67. The van der Waals surface area contributed by atoms with Crippen LogP contribution in [0.4, 0.5) is 8.78 Å². The number of nitrogens with zero attached hydrogens (tertiary/aromatic N) is 2. The highest BCUT2D eigenvalue weighted by Crippen LogP contribution is 2.29. The van der Waals surface area contributed by atoms with Gasteiger partial charge < -0.3 is 20.1 Å². The van der Waals surface area contributed by atoms with Crippen LogP contribution in [0.15, 0.2) is 28.8 Å². The number of nitrogens with one attached hydrogen (secondary N) is 2. The maximum absolute atomic E-state index is 13.9. The van der Waals surface area contributed by atoms with Crippen LogP contribution in [0.3, 0.4) is 0 Å². The van der Waals surface area contributed by atoms with Crippen LogP contribution in [0.2, 0.25) is 0 Å². The van der Waals surface area contributed by atoms with Crippen molar-refractivity contribution in [3.05, 3.63) is 41.6 Å². The fourth-order valence-electron chi connectivity index (χ4n) is 3.43. The van der Waals surface area contributed by atoms with Gasteiger partial charge in [-0.3, -0.25) is 9.59 Å². The van der Waals surface area contributed by atoms with Gasteiger partial charge >= 0.3 is 0 Å². The molecule has 0 unspecified atom stereocenters. The van der Waals surface area contributed by atoms with Crippen molar-refractivity contribution >= 4 is 11.8 Å². The Morgan fingerprint density at radius 3 is 2.75 bits per heavy atom. The van der Waals surface area contributed by atoms with Gasteiger partial charge in [-0.05, 0) is 32.0 Å². The van der Waals surface area contributed by atoms with Crippen molar-refractivity contribution in [3.63, 3.8) is 0 Å². The van der Waals surface area contributed by atoms with Gasteiger partial charge in [-0.25, -0.2) is 8.78 Å². The fraction of sp³-hybridized carbons (Fsp3) is 0.421. The largest absolute Gasteiger partial charge is 0.355 e. The number of amides is 2. The highest BCUT2D eigenvalue weighted by Gasteiger charge is 2.45. The summed E-state index contributed by atoms with van der Waals surface area (Å²) < 4.78 is 32.0. The highest BCUT2D eigenvalue weighted by molar-refractivity contribution is 5.94. The average Bonchev–Trinajstić information content (AvgIpc) is 3.13. The summed E-state index contributed by atoms with van der Waals surface area (Å²) in [6.45, 7) is 2.89. The third-order valence-corrected chi connectivity index (χ3v) is 5.01. The first-order valence-corrected chi connectivity index (χ1v) is 8.88. The minimum Gasteiger partial charge on any atom is -0.355 e. The lowest BCUT2D eigenvalue weighted by Gasteiger charge is -2.42. The Morgan fingerprint density at radius 2 is 2.07 bits per heavy atom. The molecule has 28 heavy (non-hydrogen) atoms. The standard InChI is InChI=1S/C19H22F2N4O3/c1-19(18(27)25(2)3)10-22-7-6-16(19)23-17(26)14-9-15(28-24-14)12-5-4-11(20)8-13(12)21/h4-5,8-9,16,22H,6-7,10H2,1-3H3,(H,23,26)/t16-,19-/m1/s1. The molecule has 0 aliphatic carbocycles. The quantitative estimate of drug-likeness (QED) is 0.829. The number of piperidine rings is 1. The third kappa shape index (κ3) is 3.75. The molecule has 2 atom stereocenters. The molecule has 1 fully saturated rings. The lowest BCUT2D eigenvalue weighted by molar-refractivity contribution is -0.140. The van der Waals surface area contributed by atoms with E-state index in [2.05, 4.69) is 15.8 Å². The van der Waals surface area contributed by atoms with Crippen molar-refractivity contribution in [2.75, 3.05) is 27.2 Å². The van der Waals surface area contributed by atoms with Gasteiger partial charge in [0.1, 0.15) is 11.6 Å². The first kappa shape index (κ1) is 19.9. The average molecular weight is 392 g/mol. The maximum atomic E-state index is 13.9. The van der Waals surface area contributed by atoms with Crippen molar-refractivity contribution in [2.24, 2.45) is 5.41 Å². The molecule has 2 N–H and O–H groups in total. The second-order valence-corrected chi connectivity index (χ2v) is 7.31. The van der Waals surface area contributed by atoms with E-state index in [9.17, 15) is 18.4 Å². The Morgan fingerprint density at radius 1 is 1.32 bits per heavy atom. The molecule has 1 aliphatic rings. The van der Waals surface area contributed by atoms with Gasteiger partial charge in [-0.15, -0.1) is 0 Å². The number of carbonyl (C=O) groups is 2. The molecule has 2 amide bonds. The van der Waals surface area contributed by atoms with Crippen molar-refractivity contribution < 1.29 is 22.9 Å². The van der Waals surface area contributed by atoms with Crippen LogP contribution in [-0.2, 0) is 4.79 Å². The zero-order chi connectivity index (χ0) is 20.5. The zero-order valence-corrected chi connectivity index (χ0v) is 15.9. The van der Waals surface area contributed by atoms with E-state index in [-0.39, 0.29) is 22.9 Å². The first-order valence-electron chi connectivity index (χ1n) is 8.88. The molecule has 1 aromatic heterocycles. The molecular formula is C19H22F2N4O3. The molecule has 3 rings (SSSR count). The molecular weight excluding hydrogens is 370 g/mol. The van der Waals surface area contributed by atoms with Crippen LogP contribution in [0.25, 0.3) is 11.3 Å². The molecule has 2 aromatic rings. The minimum atomic E-state index is -0.814. The summed E-state index contributed by atoms with van der Waals surface area (Å²) in [4.78, 5) is 26.8. The number of aromatic nitrogens is 1. The normalized spacial score (nSPS) is 22.0. The molecule has 9 heteroatoms. The summed E-state index contributed by atoms with van der Waals surface area (Å²) in [6.07, 6.45) is 0.569. The Kier molecular flexibility index (Phi) is 5.46. The second-order valence-electron chi connectivity index (χ2n) is 7.31. The molecule has 1 saturated heterocycles. The lowest BCUT2D eigenvalue weighted by Crippen LogP contribution is -2.61. The Bertz CT molecular complexity index is 899. The fourth-order valence-corrected chi connectivity index (χ4v) is 3.43. The van der Waals surface area contributed by atoms with Gasteiger partial charge in [-0.2, -0.15) is 0 Å². The number of hydrogen-bond donors (Lipinski definition) is 2. The zero-order valence-electron chi connectivity index (χ0n) is 15.9. The monoisotopic (exact) mass is 392 g/mol. The molecule has 0 bridgehead atoms. The molecule has 2 heterocycles. The molecule has 0 radical (unpaired) electrons. The molecule has 1 aliphatic heterocycles. The lowest BCUT2D eigenvalue weighted by atomic mass is 9.76. The summed E-state index contributed by atoms with van der Waals surface area (Å²) in [7, 11) is 3.34. The van der Waals surface area contributed by atoms with E-state index in [1.54, 1.807) is 21.0 Å². The summed E-state index contributed by atoms with van der Waals surface area (Å²) in [5, 5.41) is 9.72. The predicted octanol–water partition coefficient (Wildman–Crippen LogP) is 1.81. The van der Waals surface area contributed by atoms with E-state index in [0.717, 1.165) is 12.1 Å². The van der Waals surface area contributed by atoms with Crippen LogP contribution in [0.5, 0.6) is 0 Å². The van der Waals surface area contributed by atoms with Crippen molar-refractivity contribution in [1.82, 2.24) is 20.7 Å². The Labute approximate surface area is 161 Å². The summed E-state index contributed by atoms with van der Waals surface area (Å²) in [5.74, 6) is -2.14. The van der Waals surface area contributed by atoms with Crippen LogP contribution in [0, 0.1) is 17.0 Å². The molecule has 150 valence electrons. The van der Waals surface area contributed by atoms with E-state index in [1.165, 1.54) is 17.0 Å². The third-order valence-electron chi connectivity index (χ3n) is 5.01. The highest BCUT2D eigenvalue weighted by atomic mass is 19.1.